The van der Waals surface area contributed by atoms with Gasteiger partial charge in [-0.3, -0.25) is 14.4 Å². The van der Waals surface area contributed by atoms with E-state index in [1.165, 1.54) is 0 Å². The normalized spacial score (nSPS) is 14.2. The number of hydrogen-bond donors (Lipinski definition) is 2. The fraction of sp³-hybridized carbons (Fsp3) is 0.529. The standard InChI is InChI=1S/C34H42N4O6S4/c1-8-14-16-19(10-3)29(39)37-22-25-26(46-33(45-25)21(18-35)31(41)43-12-5)23(38-30(40)20(11-4)17-15-9-2)28-27(22)47-34(48-28)24(36-7)32(42)44-13-6/h19-20H,8-17H2,1-6H3,(H,37,39)(H,38,40). The van der Waals surface area contributed by atoms with Gasteiger partial charge in [0.15, 0.2) is 5.57 Å². The fourth-order valence-electron chi connectivity index (χ4n) is 5.03. The highest BCUT2D eigenvalue weighted by atomic mass is 32.2. The molecule has 48 heavy (non-hydrogen) atoms. The maximum Gasteiger partial charge on any atom is 0.350 e. The van der Waals surface area contributed by atoms with Gasteiger partial charge in [0, 0.05) is 11.8 Å². The monoisotopic (exact) mass is 730 g/mol. The van der Waals surface area contributed by atoms with Gasteiger partial charge in [-0.2, -0.15) is 5.26 Å². The van der Waals surface area contributed by atoms with Crippen molar-refractivity contribution in [2.45, 2.75) is 112 Å². The Morgan fingerprint density at radius 1 is 0.729 bits per heavy atom. The van der Waals surface area contributed by atoms with Crippen LogP contribution in [0.15, 0.2) is 39.3 Å². The molecule has 2 N–H and O–H groups in total. The van der Waals surface area contributed by atoms with Crippen molar-refractivity contribution in [3.63, 3.8) is 0 Å². The van der Waals surface area contributed by atoms with Gasteiger partial charge in [-0.1, -0.05) is 100 Å². The molecule has 0 radical (unpaired) electrons. The number of nitrogens with one attached hydrogen (secondary N) is 2. The summed E-state index contributed by atoms with van der Waals surface area (Å²) in [7, 11) is 0. The summed E-state index contributed by atoms with van der Waals surface area (Å²) in [6.45, 7) is 19.4. The highest BCUT2D eigenvalue weighted by molar-refractivity contribution is 8.26. The quantitative estimate of drug-likeness (QED) is 0.0553. The zero-order chi connectivity index (χ0) is 35.4. The number of amides is 2. The first kappa shape index (κ1) is 39.4. The Morgan fingerprint density at radius 3 is 1.50 bits per heavy atom. The minimum atomic E-state index is -0.757. The Kier molecular flexibility index (Phi) is 15.8. The third-order valence-electron chi connectivity index (χ3n) is 7.71. The summed E-state index contributed by atoms with van der Waals surface area (Å²) in [5, 5.41) is 16.3. The summed E-state index contributed by atoms with van der Waals surface area (Å²) in [5.74, 6) is -2.37. The molecule has 0 bridgehead atoms. The molecule has 258 valence electrons. The lowest BCUT2D eigenvalue weighted by atomic mass is 9.98. The van der Waals surface area contributed by atoms with Crippen molar-refractivity contribution in [2.24, 2.45) is 11.8 Å². The Bertz CT molecular complexity index is 1420. The lowest BCUT2D eigenvalue weighted by molar-refractivity contribution is -0.139. The van der Waals surface area contributed by atoms with Gasteiger partial charge in [0.1, 0.15) is 6.07 Å². The number of unbranched alkanes of at least 4 members (excludes halogenated alkanes) is 2. The number of ether oxygens (including phenoxy) is 2. The van der Waals surface area contributed by atoms with Gasteiger partial charge in [-0.15, -0.1) is 0 Å². The summed E-state index contributed by atoms with van der Waals surface area (Å²) in [4.78, 5) is 59.0. The molecule has 3 rings (SSSR count). The van der Waals surface area contributed by atoms with Crippen LogP contribution >= 0.6 is 47.0 Å². The van der Waals surface area contributed by atoms with Gasteiger partial charge < -0.3 is 20.1 Å². The molecule has 0 fully saturated rings. The molecular weight excluding hydrogens is 689 g/mol. The highest BCUT2D eigenvalue weighted by Crippen LogP contribution is 2.67. The van der Waals surface area contributed by atoms with Crippen LogP contribution in [0.2, 0.25) is 0 Å². The number of benzene rings is 1. The topological polar surface area (TPSA) is 139 Å². The summed E-state index contributed by atoms with van der Waals surface area (Å²) in [6.07, 6.45) is 6.34. The molecule has 2 aliphatic heterocycles. The predicted octanol–water partition coefficient (Wildman–Crippen LogP) is 9.34. The van der Waals surface area contributed by atoms with E-state index >= 15 is 0 Å². The maximum absolute atomic E-state index is 13.8. The van der Waals surface area contributed by atoms with Crippen LogP contribution in [0.4, 0.5) is 11.4 Å². The molecule has 2 unspecified atom stereocenters. The second-order valence-corrected chi connectivity index (χ2v) is 15.5. The van der Waals surface area contributed by atoms with Gasteiger partial charge >= 0.3 is 11.9 Å². The zero-order valence-electron chi connectivity index (χ0n) is 28.2. The van der Waals surface area contributed by atoms with Crippen LogP contribution in [0.5, 0.6) is 0 Å². The minimum Gasteiger partial charge on any atom is -0.471 e. The second kappa shape index (κ2) is 19.2. The molecule has 0 spiro atoms. The van der Waals surface area contributed by atoms with Crippen LogP contribution in [0, 0.1) is 29.7 Å². The largest absolute Gasteiger partial charge is 0.471 e. The molecule has 0 aliphatic carbocycles. The van der Waals surface area contributed by atoms with Gasteiger partial charge in [0.2, 0.25) is 11.8 Å². The third-order valence-corrected chi connectivity index (χ3v) is 12.9. The lowest BCUT2D eigenvalue weighted by Gasteiger charge is -2.22. The number of carbonyl (C=O) groups excluding carboxylic acids is 4. The summed E-state index contributed by atoms with van der Waals surface area (Å²) in [6, 6.07) is 1.98. The minimum absolute atomic E-state index is 0.0923. The molecule has 1 aromatic carbocycles. The summed E-state index contributed by atoms with van der Waals surface area (Å²) >= 11 is 4.63. The van der Waals surface area contributed by atoms with Crippen molar-refractivity contribution in [1.82, 2.24) is 0 Å². The Hall–Kier alpha value is -3.04. The van der Waals surface area contributed by atoms with Crippen molar-refractivity contribution >= 4 is 82.2 Å². The van der Waals surface area contributed by atoms with Crippen LogP contribution in [0.3, 0.4) is 0 Å². The van der Waals surface area contributed by atoms with Crippen LogP contribution in [-0.4, -0.2) is 37.0 Å². The number of rotatable bonds is 16. The molecule has 2 aliphatic rings. The van der Waals surface area contributed by atoms with Crippen molar-refractivity contribution in [3.8, 4) is 6.07 Å². The van der Waals surface area contributed by atoms with Crippen LogP contribution < -0.4 is 10.6 Å². The van der Waals surface area contributed by atoms with Crippen LogP contribution in [0.25, 0.3) is 4.85 Å². The average molecular weight is 731 g/mol. The molecule has 2 heterocycles. The van der Waals surface area contributed by atoms with E-state index in [-0.39, 0.29) is 48.1 Å². The molecular formula is C34H42N4O6S4. The average Bonchev–Trinajstić information content (AvgIpc) is 3.70. The maximum atomic E-state index is 13.8. The Labute approximate surface area is 300 Å². The molecule has 0 saturated carbocycles. The van der Waals surface area contributed by atoms with Crippen molar-refractivity contribution in [1.29, 1.82) is 5.26 Å². The van der Waals surface area contributed by atoms with E-state index in [2.05, 4.69) is 29.3 Å². The van der Waals surface area contributed by atoms with E-state index in [1.54, 1.807) is 13.8 Å². The summed E-state index contributed by atoms with van der Waals surface area (Å²) < 4.78 is 11.1. The zero-order valence-corrected chi connectivity index (χ0v) is 31.5. The summed E-state index contributed by atoms with van der Waals surface area (Å²) in [5.41, 5.74) is 0.548. The van der Waals surface area contributed by atoms with E-state index in [0.717, 1.165) is 72.7 Å². The first-order chi connectivity index (χ1) is 23.1. The number of hydrogen-bond acceptors (Lipinski definition) is 11. The highest BCUT2D eigenvalue weighted by Gasteiger charge is 2.40. The van der Waals surface area contributed by atoms with Gasteiger partial charge in [0.25, 0.3) is 5.70 Å². The molecule has 1 aromatic rings. The Morgan fingerprint density at radius 2 is 1.15 bits per heavy atom. The Balaban J connectivity index is 2.32. The number of nitriles is 1. The van der Waals surface area contributed by atoms with Gasteiger partial charge in [-0.05, 0) is 39.5 Å². The van der Waals surface area contributed by atoms with Crippen LogP contribution in [-0.2, 0) is 28.7 Å². The molecule has 10 nitrogen and oxygen atoms in total. The second-order valence-electron chi connectivity index (χ2n) is 10.9. The van der Waals surface area contributed by atoms with Gasteiger partial charge in [0.05, 0.1) is 59.2 Å². The molecule has 0 saturated heterocycles. The smallest absolute Gasteiger partial charge is 0.350 e. The number of nitrogens with zero attached hydrogens (tertiary/aromatic N) is 2. The predicted molar refractivity (Wildman–Crippen MR) is 193 cm³/mol. The van der Waals surface area contributed by atoms with E-state index < -0.39 is 11.9 Å². The van der Waals surface area contributed by atoms with E-state index in [1.807, 2.05) is 19.9 Å². The first-order valence-corrected chi connectivity index (χ1v) is 19.6. The molecule has 14 heteroatoms. The number of carbonyl (C=O) groups is 4. The van der Waals surface area contributed by atoms with Gasteiger partial charge in [-0.25, -0.2) is 9.64 Å². The van der Waals surface area contributed by atoms with E-state index in [0.29, 0.717) is 65.1 Å². The van der Waals surface area contributed by atoms with Crippen molar-refractivity contribution in [2.75, 3.05) is 23.8 Å². The number of fused-ring (bicyclic) bond motifs is 2. The van der Waals surface area contributed by atoms with E-state index in [9.17, 15) is 24.4 Å². The molecule has 2 amide bonds. The SMILES string of the molecule is [C-]#[N+]C(C(=O)OCC)=C1Sc2c(NC(=O)C(CC)CCCC)c3c(c(NC(=O)C(CC)CCCC)c2S1)SC(=C(C#N)C(=O)OCC)S3. The van der Waals surface area contributed by atoms with Crippen molar-refractivity contribution in [3.05, 3.63) is 31.2 Å². The lowest BCUT2D eigenvalue weighted by Crippen LogP contribution is -2.24. The number of anilines is 2. The fourth-order valence-corrected chi connectivity index (χ4v) is 10.5. The van der Waals surface area contributed by atoms with Crippen LogP contribution in [0.1, 0.15) is 92.9 Å². The molecule has 2 atom stereocenters. The van der Waals surface area contributed by atoms with E-state index in [4.69, 9.17) is 16.0 Å². The first-order valence-electron chi connectivity index (χ1n) is 16.3. The number of thioether (sulfide) groups is 4. The third kappa shape index (κ3) is 9.14. The van der Waals surface area contributed by atoms with Crippen molar-refractivity contribution < 1.29 is 28.7 Å². The molecule has 0 aromatic heterocycles. The number of esters is 2.